The molecule has 0 fully saturated rings. The van der Waals surface area contributed by atoms with Gasteiger partial charge in [0.15, 0.2) is 0 Å². The lowest BCUT2D eigenvalue weighted by molar-refractivity contribution is 0.531. The molecule has 0 bridgehead atoms. The molecule has 0 unspecified atom stereocenters. The van der Waals surface area contributed by atoms with Gasteiger partial charge >= 0.3 is 0 Å². The van der Waals surface area contributed by atoms with Crippen molar-refractivity contribution in [3.05, 3.63) is 30.3 Å². The molecule has 0 radical (unpaired) electrons. The van der Waals surface area contributed by atoms with Crippen molar-refractivity contribution in [1.29, 1.82) is 0 Å². The Balaban J connectivity index is 2.36. The minimum atomic E-state index is -3.49. The average molecular weight is 223 g/mol. The van der Waals surface area contributed by atoms with Gasteiger partial charge in [0.05, 0.1) is 4.90 Å². The molecule has 0 N–H and O–H groups in total. The molecular weight excluding hydrogens is 214 g/mol. The lowest BCUT2D eigenvalue weighted by Crippen LogP contribution is -2.31. The smallest absolute Gasteiger partial charge is 0.251 e. The molecule has 0 amide bonds. The van der Waals surface area contributed by atoms with Gasteiger partial charge in [-0.1, -0.05) is 18.2 Å². The summed E-state index contributed by atoms with van der Waals surface area (Å²) in [4.78, 5) is 7.70. The Morgan fingerprint density at radius 1 is 1.20 bits per heavy atom. The maximum Gasteiger partial charge on any atom is 0.266 e. The van der Waals surface area contributed by atoms with Crippen molar-refractivity contribution >= 4 is 22.7 Å². The summed E-state index contributed by atoms with van der Waals surface area (Å²) in [6, 6.07) is 8.21. The molecule has 0 atom stereocenters. The molecule has 0 saturated heterocycles. The van der Waals surface area contributed by atoms with Crippen molar-refractivity contribution in [3.63, 3.8) is 0 Å². The summed E-state index contributed by atoms with van der Waals surface area (Å²) in [5, 5.41) is 0. The third kappa shape index (κ3) is 1.89. The summed E-state index contributed by atoms with van der Waals surface area (Å²) in [6.07, 6.45) is 2.59. The molecule has 78 valence electrons. The van der Waals surface area contributed by atoms with Crippen LogP contribution in [0, 0.1) is 0 Å². The van der Waals surface area contributed by atoms with Crippen molar-refractivity contribution < 1.29 is 8.42 Å². The summed E-state index contributed by atoms with van der Waals surface area (Å²) in [5.41, 5.74) is 0. The van der Waals surface area contributed by atoms with E-state index in [1.807, 2.05) is 0 Å². The van der Waals surface area contributed by atoms with Gasteiger partial charge in [-0.25, -0.2) is 17.7 Å². The Morgan fingerprint density at radius 2 is 1.93 bits per heavy atom. The SMILES string of the molecule is O=S(=O)(c1ccccc1)N1C=NC=NC1. The van der Waals surface area contributed by atoms with Crippen LogP contribution < -0.4 is 0 Å². The summed E-state index contributed by atoms with van der Waals surface area (Å²) in [5.74, 6) is 0. The number of nitrogens with zero attached hydrogens (tertiary/aromatic N) is 3. The first-order valence-electron chi connectivity index (χ1n) is 4.30. The molecule has 0 saturated carbocycles. The first-order valence-corrected chi connectivity index (χ1v) is 5.74. The zero-order valence-electron chi connectivity index (χ0n) is 7.81. The molecule has 0 spiro atoms. The lowest BCUT2D eigenvalue weighted by Gasteiger charge is -2.18. The van der Waals surface area contributed by atoms with Crippen LogP contribution in [0.5, 0.6) is 0 Å². The van der Waals surface area contributed by atoms with E-state index in [2.05, 4.69) is 9.98 Å². The van der Waals surface area contributed by atoms with Crippen LogP contribution in [0.1, 0.15) is 0 Å². The topological polar surface area (TPSA) is 62.1 Å². The van der Waals surface area contributed by atoms with Crippen molar-refractivity contribution in [3.8, 4) is 0 Å². The van der Waals surface area contributed by atoms with Crippen molar-refractivity contribution in [2.45, 2.75) is 4.90 Å². The standard InChI is InChI=1S/C9H9N3O2S/c13-15(14,9-4-2-1-3-5-9)12-7-10-6-11-8-12/h1-7H,8H2. The largest absolute Gasteiger partial charge is 0.266 e. The normalized spacial score (nSPS) is 15.6. The van der Waals surface area contributed by atoms with Gasteiger partial charge in [-0.05, 0) is 12.1 Å². The highest BCUT2D eigenvalue weighted by molar-refractivity contribution is 7.89. The summed E-state index contributed by atoms with van der Waals surface area (Å²) in [6.45, 7) is 0.0841. The van der Waals surface area contributed by atoms with Crippen molar-refractivity contribution in [2.75, 3.05) is 6.67 Å². The Labute approximate surface area is 87.8 Å². The zero-order chi connectivity index (χ0) is 10.7. The number of rotatable bonds is 2. The summed E-state index contributed by atoms with van der Waals surface area (Å²) < 4.78 is 25.0. The minimum absolute atomic E-state index is 0.0841. The Bertz CT molecular complexity index is 493. The molecule has 1 aromatic carbocycles. The molecule has 5 nitrogen and oxygen atoms in total. The first-order chi connectivity index (χ1) is 7.21. The number of benzene rings is 1. The highest BCUT2D eigenvalue weighted by Crippen LogP contribution is 2.14. The van der Waals surface area contributed by atoms with E-state index in [0.717, 1.165) is 4.31 Å². The number of hydrogen-bond acceptors (Lipinski definition) is 4. The molecule has 1 aliphatic heterocycles. The second kappa shape index (κ2) is 3.82. The molecule has 6 heteroatoms. The van der Waals surface area contributed by atoms with Crippen molar-refractivity contribution in [1.82, 2.24) is 4.31 Å². The van der Waals surface area contributed by atoms with E-state index in [4.69, 9.17) is 0 Å². The fourth-order valence-electron chi connectivity index (χ4n) is 1.17. The van der Waals surface area contributed by atoms with Crippen LogP contribution in [0.3, 0.4) is 0 Å². The number of sulfonamides is 1. The first kappa shape index (κ1) is 9.85. The third-order valence-corrected chi connectivity index (χ3v) is 3.61. The van der Waals surface area contributed by atoms with Gasteiger partial charge < -0.3 is 0 Å². The second-order valence-electron chi connectivity index (χ2n) is 2.91. The predicted octanol–water partition coefficient (Wildman–Crippen LogP) is 0.705. The summed E-state index contributed by atoms with van der Waals surface area (Å²) in [7, 11) is -3.49. The molecule has 0 aromatic heterocycles. The zero-order valence-corrected chi connectivity index (χ0v) is 8.63. The van der Waals surface area contributed by atoms with E-state index in [9.17, 15) is 8.42 Å². The van der Waals surface area contributed by atoms with E-state index in [-0.39, 0.29) is 11.6 Å². The molecule has 1 aliphatic rings. The van der Waals surface area contributed by atoms with E-state index >= 15 is 0 Å². The highest BCUT2D eigenvalue weighted by atomic mass is 32.2. The Morgan fingerprint density at radius 3 is 2.53 bits per heavy atom. The fourth-order valence-corrected chi connectivity index (χ4v) is 2.34. The summed E-state index contributed by atoms with van der Waals surface area (Å²) >= 11 is 0. The maximum absolute atomic E-state index is 11.9. The van der Waals surface area contributed by atoms with Crippen LogP contribution in [0.15, 0.2) is 45.2 Å². The maximum atomic E-state index is 11.9. The molecule has 15 heavy (non-hydrogen) atoms. The highest BCUT2D eigenvalue weighted by Gasteiger charge is 2.21. The average Bonchev–Trinajstić information content (AvgIpc) is 2.31. The van der Waals surface area contributed by atoms with Crippen LogP contribution in [-0.2, 0) is 10.0 Å². The minimum Gasteiger partial charge on any atom is -0.251 e. The fraction of sp³-hybridized carbons (Fsp3) is 0.111. The molecular formula is C9H9N3O2S. The van der Waals surface area contributed by atoms with Gasteiger partial charge in [0.25, 0.3) is 10.0 Å². The Kier molecular flexibility index (Phi) is 2.51. The van der Waals surface area contributed by atoms with Crippen LogP contribution in [0.2, 0.25) is 0 Å². The van der Waals surface area contributed by atoms with Crippen LogP contribution >= 0.6 is 0 Å². The predicted molar refractivity (Wildman–Crippen MR) is 57.3 cm³/mol. The molecule has 0 aliphatic carbocycles. The molecule has 2 rings (SSSR count). The van der Waals surface area contributed by atoms with Crippen LogP contribution in [0.25, 0.3) is 0 Å². The monoisotopic (exact) mass is 223 g/mol. The van der Waals surface area contributed by atoms with E-state index < -0.39 is 10.0 Å². The van der Waals surface area contributed by atoms with Gasteiger partial charge in [0.1, 0.15) is 19.3 Å². The van der Waals surface area contributed by atoms with Gasteiger partial charge in [-0.2, -0.15) is 0 Å². The van der Waals surface area contributed by atoms with Crippen molar-refractivity contribution in [2.24, 2.45) is 9.98 Å². The third-order valence-electron chi connectivity index (χ3n) is 1.91. The van der Waals surface area contributed by atoms with E-state index in [1.165, 1.54) is 12.7 Å². The Hall–Kier alpha value is -1.69. The van der Waals surface area contributed by atoms with Gasteiger partial charge in [-0.15, -0.1) is 0 Å². The lowest BCUT2D eigenvalue weighted by atomic mass is 10.4. The van der Waals surface area contributed by atoms with Gasteiger partial charge in [-0.3, -0.25) is 4.99 Å². The number of hydrogen-bond donors (Lipinski definition) is 0. The molecule has 1 heterocycles. The van der Waals surface area contributed by atoms with Gasteiger partial charge in [0, 0.05) is 0 Å². The van der Waals surface area contributed by atoms with Crippen LogP contribution in [-0.4, -0.2) is 32.1 Å². The molecule has 1 aromatic rings. The van der Waals surface area contributed by atoms with Crippen LogP contribution in [0.4, 0.5) is 0 Å². The van der Waals surface area contributed by atoms with Gasteiger partial charge in [0.2, 0.25) is 0 Å². The number of aliphatic imine (C=N–C) groups is 2. The van der Waals surface area contributed by atoms with E-state index in [0.29, 0.717) is 0 Å². The second-order valence-corrected chi connectivity index (χ2v) is 4.80. The van der Waals surface area contributed by atoms with E-state index in [1.54, 1.807) is 30.3 Å². The quantitative estimate of drug-likeness (QED) is 0.741.